The number of anilines is 1. The summed E-state index contributed by atoms with van der Waals surface area (Å²) in [5.41, 5.74) is -0.585. The number of hydrogen-bond donors (Lipinski definition) is 2. The molecule has 1 aliphatic rings. The molecule has 1 unspecified atom stereocenters. The van der Waals surface area contributed by atoms with Gasteiger partial charge in [0.2, 0.25) is 0 Å². The fraction of sp³-hybridized carbons (Fsp3) is 0.562. The Morgan fingerprint density at radius 1 is 1.29 bits per heavy atom. The Balaban J connectivity index is 2.18. The summed E-state index contributed by atoms with van der Waals surface area (Å²) in [5.74, 6) is -2.61. The zero-order chi connectivity index (χ0) is 15.4. The van der Waals surface area contributed by atoms with Crippen molar-refractivity contribution in [3.05, 3.63) is 29.3 Å². The smallest absolute Gasteiger partial charge is 0.335 e. The maximum atomic E-state index is 14.0. The Hall–Kier alpha value is -1.65. The largest absolute Gasteiger partial charge is 0.478 e. The predicted octanol–water partition coefficient (Wildman–Crippen LogP) is 4.43. The van der Waals surface area contributed by atoms with Crippen LogP contribution in [0, 0.1) is 17.6 Å². The first-order valence-electron chi connectivity index (χ1n) is 7.51. The van der Waals surface area contributed by atoms with Gasteiger partial charge < -0.3 is 10.4 Å². The second-order valence-corrected chi connectivity index (χ2v) is 5.68. The molecule has 0 saturated heterocycles. The first kappa shape index (κ1) is 15.7. The van der Waals surface area contributed by atoms with Gasteiger partial charge >= 0.3 is 5.97 Å². The minimum absolute atomic E-state index is 0.0185. The van der Waals surface area contributed by atoms with E-state index in [1.54, 1.807) is 0 Å². The van der Waals surface area contributed by atoms with Crippen LogP contribution in [0.5, 0.6) is 0 Å². The maximum Gasteiger partial charge on any atom is 0.335 e. The number of benzene rings is 1. The van der Waals surface area contributed by atoms with Crippen molar-refractivity contribution in [1.29, 1.82) is 0 Å². The van der Waals surface area contributed by atoms with Crippen molar-refractivity contribution in [3.8, 4) is 0 Å². The monoisotopic (exact) mass is 297 g/mol. The van der Waals surface area contributed by atoms with Crippen LogP contribution in [0.25, 0.3) is 0 Å². The van der Waals surface area contributed by atoms with Crippen molar-refractivity contribution in [2.24, 2.45) is 5.92 Å². The molecule has 0 spiro atoms. The highest BCUT2D eigenvalue weighted by molar-refractivity contribution is 5.88. The van der Waals surface area contributed by atoms with Gasteiger partial charge in [-0.3, -0.25) is 0 Å². The summed E-state index contributed by atoms with van der Waals surface area (Å²) in [6.07, 6.45) is 6.47. The van der Waals surface area contributed by atoms with E-state index >= 15 is 0 Å². The molecule has 0 radical (unpaired) electrons. The fourth-order valence-corrected chi connectivity index (χ4v) is 3.11. The van der Waals surface area contributed by atoms with Gasteiger partial charge in [-0.2, -0.15) is 0 Å². The standard InChI is InChI=1S/C16H21F2NO2/c1-2-14(10-6-4-3-5-7-10)19-15-12(17)8-11(16(20)21)9-13(15)18/h8-10,14,19H,2-7H2,1H3,(H,20,21). The molecule has 0 bridgehead atoms. The Bertz CT molecular complexity index is 490. The molecule has 1 saturated carbocycles. The summed E-state index contributed by atoms with van der Waals surface area (Å²) in [6, 6.07) is 1.74. The molecule has 21 heavy (non-hydrogen) atoms. The average molecular weight is 297 g/mol. The predicted molar refractivity (Wildman–Crippen MR) is 77.6 cm³/mol. The molecule has 2 N–H and O–H groups in total. The lowest BCUT2D eigenvalue weighted by atomic mass is 9.83. The molecule has 1 aliphatic carbocycles. The second-order valence-electron chi connectivity index (χ2n) is 5.68. The molecule has 3 nitrogen and oxygen atoms in total. The molecule has 0 aliphatic heterocycles. The number of carboxylic acids is 1. The van der Waals surface area contributed by atoms with Crippen LogP contribution in [0.3, 0.4) is 0 Å². The summed E-state index contributed by atoms with van der Waals surface area (Å²) < 4.78 is 27.9. The Morgan fingerprint density at radius 2 is 1.86 bits per heavy atom. The van der Waals surface area contributed by atoms with E-state index in [1.165, 1.54) is 6.42 Å². The van der Waals surface area contributed by atoms with E-state index < -0.39 is 17.6 Å². The molecule has 5 heteroatoms. The summed E-state index contributed by atoms with van der Waals surface area (Å²) in [7, 11) is 0. The first-order chi connectivity index (χ1) is 10.0. The van der Waals surface area contributed by atoms with Crippen molar-refractivity contribution >= 4 is 11.7 Å². The van der Waals surface area contributed by atoms with Gasteiger partial charge in [-0.15, -0.1) is 0 Å². The van der Waals surface area contributed by atoms with Crippen molar-refractivity contribution in [2.75, 3.05) is 5.32 Å². The first-order valence-corrected chi connectivity index (χ1v) is 7.51. The van der Waals surface area contributed by atoms with Crippen LogP contribution in [0.4, 0.5) is 14.5 Å². The number of aromatic carboxylic acids is 1. The highest BCUT2D eigenvalue weighted by atomic mass is 19.1. The van der Waals surface area contributed by atoms with Crippen LogP contribution in [-0.4, -0.2) is 17.1 Å². The van der Waals surface area contributed by atoms with E-state index in [1.807, 2.05) is 6.92 Å². The Morgan fingerprint density at radius 3 is 2.33 bits per heavy atom. The summed E-state index contributed by atoms with van der Waals surface area (Å²) in [4.78, 5) is 10.8. The Kier molecular flexibility index (Phi) is 5.15. The van der Waals surface area contributed by atoms with Crippen molar-refractivity contribution < 1.29 is 18.7 Å². The van der Waals surface area contributed by atoms with E-state index in [-0.39, 0.29) is 17.3 Å². The SMILES string of the molecule is CCC(Nc1c(F)cc(C(=O)O)cc1F)C1CCCCC1. The van der Waals surface area contributed by atoms with E-state index in [4.69, 9.17) is 5.11 Å². The highest BCUT2D eigenvalue weighted by Crippen LogP contribution is 2.31. The molecule has 1 atom stereocenters. The minimum atomic E-state index is -1.33. The quantitative estimate of drug-likeness (QED) is 0.845. The summed E-state index contributed by atoms with van der Waals surface area (Å²) in [5, 5.41) is 11.8. The maximum absolute atomic E-state index is 14.0. The van der Waals surface area contributed by atoms with Crippen molar-refractivity contribution in [1.82, 2.24) is 0 Å². The third-order valence-electron chi connectivity index (χ3n) is 4.28. The van der Waals surface area contributed by atoms with Gasteiger partial charge in [0, 0.05) is 6.04 Å². The van der Waals surface area contributed by atoms with Crippen LogP contribution in [0.15, 0.2) is 12.1 Å². The summed E-state index contributed by atoms with van der Waals surface area (Å²) in [6.45, 7) is 1.99. The minimum Gasteiger partial charge on any atom is -0.478 e. The highest BCUT2D eigenvalue weighted by Gasteiger charge is 2.24. The third-order valence-corrected chi connectivity index (χ3v) is 4.28. The summed E-state index contributed by atoms with van der Waals surface area (Å²) >= 11 is 0. The van der Waals surface area contributed by atoms with E-state index in [0.717, 1.165) is 44.2 Å². The molecular weight excluding hydrogens is 276 g/mol. The van der Waals surface area contributed by atoms with Crippen LogP contribution in [0.1, 0.15) is 55.8 Å². The van der Waals surface area contributed by atoms with Gasteiger partial charge in [-0.05, 0) is 37.3 Å². The molecular formula is C16H21F2NO2. The van der Waals surface area contributed by atoms with E-state index in [0.29, 0.717) is 5.92 Å². The van der Waals surface area contributed by atoms with Gasteiger partial charge in [0.05, 0.1) is 5.56 Å². The van der Waals surface area contributed by atoms with Crippen LogP contribution < -0.4 is 5.32 Å². The van der Waals surface area contributed by atoms with Crippen molar-refractivity contribution in [2.45, 2.75) is 51.5 Å². The molecule has 116 valence electrons. The zero-order valence-electron chi connectivity index (χ0n) is 12.2. The third kappa shape index (κ3) is 3.71. The average Bonchev–Trinajstić information content (AvgIpc) is 2.47. The van der Waals surface area contributed by atoms with Gasteiger partial charge in [0.1, 0.15) is 17.3 Å². The van der Waals surface area contributed by atoms with Crippen LogP contribution in [0.2, 0.25) is 0 Å². The molecule has 1 aromatic rings. The fourth-order valence-electron chi connectivity index (χ4n) is 3.11. The number of carbonyl (C=O) groups is 1. The van der Waals surface area contributed by atoms with Crippen molar-refractivity contribution in [3.63, 3.8) is 0 Å². The second kappa shape index (κ2) is 6.87. The van der Waals surface area contributed by atoms with Crippen LogP contribution >= 0.6 is 0 Å². The number of hydrogen-bond acceptors (Lipinski definition) is 2. The van der Waals surface area contributed by atoms with Gasteiger partial charge in [-0.25, -0.2) is 13.6 Å². The molecule has 0 aromatic heterocycles. The van der Waals surface area contributed by atoms with Gasteiger partial charge in [0.25, 0.3) is 0 Å². The van der Waals surface area contributed by atoms with Crippen LogP contribution in [-0.2, 0) is 0 Å². The molecule has 0 amide bonds. The number of carboxylic acid groups (broad SMARTS) is 1. The van der Waals surface area contributed by atoms with E-state index in [9.17, 15) is 13.6 Å². The normalized spacial score (nSPS) is 17.5. The number of halogens is 2. The number of nitrogens with one attached hydrogen (secondary N) is 1. The zero-order valence-corrected chi connectivity index (χ0v) is 12.2. The molecule has 1 aromatic carbocycles. The molecule has 0 heterocycles. The van der Waals surface area contributed by atoms with Gasteiger partial charge in [-0.1, -0.05) is 26.2 Å². The van der Waals surface area contributed by atoms with E-state index in [2.05, 4.69) is 5.32 Å². The molecule has 1 fully saturated rings. The Labute approximate surface area is 123 Å². The topological polar surface area (TPSA) is 49.3 Å². The van der Waals surface area contributed by atoms with Gasteiger partial charge in [0.15, 0.2) is 0 Å². The lowest BCUT2D eigenvalue weighted by Crippen LogP contribution is -2.31. The lowest BCUT2D eigenvalue weighted by molar-refractivity contribution is 0.0696. The lowest BCUT2D eigenvalue weighted by Gasteiger charge is -2.31. The number of rotatable bonds is 5. The molecule has 2 rings (SSSR count).